The van der Waals surface area contributed by atoms with Gasteiger partial charge < -0.3 is 20.3 Å². The minimum absolute atomic E-state index is 0.00790. The molecule has 0 fully saturated rings. The Morgan fingerprint density at radius 2 is 1.78 bits per heavy atom. The van der Waals surface area contributed by atoms with Gasteiger partial charge in [0.25, 0.3) is 0 Å². The lowest BCUT2D eigenvalue weighted by molar-refractivity contribution is -0.119. The van der Waals surface area contributed by atoms with E-state index in [-0.39, 0.29) is 24.6 Å². The first-order chi connectivity index (χ1) is 10.8. The van der Waals surface area contributed by atoms with E-state index in [0.29, 0.717) is 17.3 Å². The van der Waals surface area contributed by atoms with E-state index in [0.717, 1.165) is 6.42 Å². The Bertz CT molecular complexity index is 532. The summed E-state index contributed by atoms with van der Waals surface area (Å²) in [5.74, 6) is 0.290. The predicted octanol–water partition coefficient (Wildman–Crippen LogP) is 3.17. The number of anilines is 2. The number of hydrogen-bond donors (Lipinski definition) is 2. The highest BCUT2D eigenvalue weighted by molar-refractivity contribution is 5.94. The monoisotopic (exact) mass is 321 g/mol. The van der Waals surface area contributed by atoms with Crippen LogP contribution in [0, 0.1) is 5.92 Å². The number of urea groups is 1. The molecule has 0 aliphatic carbocycles. The van der Waals surface area contributed by atoms with Crippen LogP contribution in [0.5, 0.6) is 0 Å². The normalized spacial score (nSPS) is 11.9. The third-order valence-electron chi connectivity index (χ3n) is 3.47. The molecule has 0 aromatic heterocycles. The molecule has 1 rings (SSSR count). The second kappa shape index (κ2) is 9.15. The number of nitrogens with zero attached hydrogens (tertiary/aromatic N) is 1. The molecule has 0 aliphatic heterocycles. The van der Waals surface area contributed by atoms with Crippen LogP contribution in [0.25, 0.3) is 0 Å². The lowest BCUT2D eigenvalue weighted by Gasteiger charge is -2.26. The molecule has 6 nitrogen and oxygen atoms in total. The molecule has 1 aromatic rings. The molecule has 3 amide bonds. The zero-order chi connectivity index (χ0) is 17.4. The number of rotatable bonds is 7. The molecule has 0 aliphatic rings. The van der Waals surface area contributed by atoms with Gasteiger partial charge in [0.15, 0.2) is 0 Å². The number of methoxy groups -OCH3 is 1. The van der Waals surface area contributed by atoms with Gasteiger partial charge in [0.2, 0.25) is 5.91 Å². The van der Waals surface area contributed by atoms with E-state index in [4.69, 9.17) is 4.74 Å². The fourth-order valence-electron chi connectivity index (χ4n) is 2.26. The van der Waals surface area contributed by atoms with Crippen LogP contribution in [0.4, 0.5) is 16.2 Å². The first-order valence-electron chi connectivity index (χ1n) is 7.76. The van der Waals surface area contributed by atoms with Gasteiger partial charge in [-0.1, -0.05) is 19.9 Å². The third kappa shape index (κ3) is 6.69. The fraction of sp³-hybridized carbons (Fsp3) is 0.529. The SMILES string of the molecule is COCC(=O)Nc1cccc(NC(=O)N(C)[C@@H](C)CC(C)C)c1. The van der Waals surface area contributed by atoms with Crippen molar-refractivity contribution in [3.63, 3.8) is 0 Å². The summed E-state index contributed by atoms with van der Waals surface area (Å²) in [6, 6.07) is 7.01. The Morgan fingerprint density at radius 1 is 1.17 bits per heavy atom. The molecule has 0 bridgehead atoms. The summed E-state index contributed by atoms with van der Waals surface area (Å²) in [4.78, 5) is 25.5. The highest BCUT2D eigenvalue weighted by atomic mass is 16.5. The Labute approximate surface area is 138 Å². The minimum Gasteiger partial charge on any atom is -0.375 e. The van der Waals surface area contributed by atoms with Gasteiger partial charge in [0.05, 0.1) is 0 Å². The summed E-state index contributed by atoms with van der Waals surface area (Å²) in [5, 5.41) is 5.55. The number of hydrogen-bond acceptors (Lipinski definition) is 3. The van der Waals surface area contributed by atoms with Crippen LogP contribution in [-0.2, 0) is 9.53 Å². The maximum Gasteiger partial charge on any atom is 0.321 e. The summed E-state index contributed by atoms with van der Waals surface area (Å²) in [6.45, 7) is 6.29. The molecule has 23 heavy (non-hydrogen) atoms. The van der Waals surface area contributed by atoms with Gasteiger partial charge in [-0.05, 0) is 37.5 Å². The molecule has 6 heteroatoms. The lowest BCUT2D eigenvalue weighted by Crippen LogP contribution is -2.38. The molecule has 1 atom stereocenters. The van der Waals surface area contributed by atoms with Crippen molar-refractivity contribution >= 4 is 23.3 Å². The van der Waals surface area contributed by atoms with Crippen LogP contribution < -0.4 is 10.6 Å². The van der Waals surface area contributed by atoms with Crippen molar-refractivity contribution in [2.75, 3.05) is 31.4 Å². The largest absolute Gasteiger partial charge is 0.375 e. The van der Waals surface area contributed by atoms with Crippen molar-refractivity contribution in [1.82, 2.24) is 4.90 Å². The average molecular weight is 321 g/mol. The highest BCUT2D eigenvalue weighted by Crippen LogP contribution is 2.17. The van der Waals surface area contributed by atoms with Crippen LogP contribution in [0.3, 0.4) is 0 Å². The van der Waals surface area contributed by atoms with Crippen molar-refractivity contribution in [3.05, 3.63) is 24.3 Å². The van der Waals surface area contributed by atoms with Crippen molar-refractivity contribution in [1.29, 1.82) is 0 Å². The molecule has 128 valence electrons. The second-order valence-electron chi connectivity index (χ2n) is 6.08. The molecule has 0 radical (unpaired) electrons. The van der Waals surface area contributed by atoms with Gasteiger partial charge in [-0.25, -0.2) is 4.79 Å². The highest BCUT2D eigenvalue weighted by Gasteiger charge is 2.17. The standard InChI is InChI=1S/C17H27N3O3/c1-12(2)9-13(3)20(4)17(22)19-15-8-6-7-14(10-15)18-16(21)11-23-5/h6-8,10,12-13H,9,11H2,1-5H3,(H,18,21)(H,19,22)/t13-/m0/s1. The maximum atomic E-state index is 12.3. The van der Waals surface area contributed by atoms with E-state index >= 15 is 0 Å². The minimum atomic E-state index is -0.237. The Balaban J connectivity index is 2.66. The maximum absolute atomic E-state index is 12.3. The summed E-state index contributed by atoms with van der Waals surface area (Å²) < 4.78 is 4.77. The van der Waals surface area contributed by atoms with E-state index in [1.807, 2.05) is 6.92 Å². The van der Waals surface area contributed by atoms with Crippen LogP contribution in [0.15, 0.2) is 24.3 Å². The third-order valence-corrected chi connectivity index (χ3v) is 3.47. The summed E-state index contributed by atoms with van der Waals surface area (Å²) in [7, 11) is 3.25. The summed E-state index contributed by atoms with van der Waals surface area (Å²) in [6.07, 6.45) is 0.942. The first kappa shape index (κ1) is 19.0. The summed E-state index contributed by atoms with van der Waals surface area (Å²) in [5.41, 5.74) is 1.25. The van der Waals surface area contributed by atoms with E-state index in [2.05, 4.69) is 24.5 Å². The van der Waals surface area contributed by atoms with Crippen LogP contribution in [0.1, 0.15) is 27.2 Å². The van der Waals surface area contributed by atoms with Crippen molar-refractivity contribution < 1.29 is 14.3 Å². The van der Waals surface area contributed by atoms with E-state index in [1.165, 1.54) is 7.11 Å². The molecule has 0 spiro atoms. The molecule has 0 saturated heterocycles. The van der Waals surface area contributed by atoms with Crippen molar-refractivity contribution in [2.24, 2.45) is 5.92 Å². The molecule has 2 N–H and O–H groups in total. The van der Waals surface area contributed by atoms with Gasteiger partial charge in [0, 0.05) is 31.6 Å². The molecular formula is C17H27N3O3. The van der Waals surface area contributed by atoms with Crippen LogP contribution >= 0.6 is 0 Å². The Hall–Kier alpha value is -2.08. The number of amides is 3. The number of nitrogens with one attached hydrogen (secondary N) is 2. The Morgan fingerprint density at radius 3 is 2.35 bits per heavy atom. The molecule has 0 heterocycles. The average Bonchev–Trinajstić information content (AvgIpc) is 2.46. The number of benzene rings is 1. The second-order valence-corrected chi connectivity index (χ2v) is 6.08. The number of ether oxygens (including phenoxy) is 1. The zero-order valence-corrected chi connectivity index (χ0v) is 14.6. The van der Waals surface area contributed by atoms with Gasteiger partial charge in [-0.15, -0.1) is 0 Å². The van der Waals surface area contributed by atoms with Gasteiger partial charge in [-0.3, -0.25) is 4.79 Å². The molecule has 0 saturated carbocycles. The number of carbonyl (C=O) groups excluding carboxylic acids is 2. The van der Waals surface area contributed by atoms with Crippen LogP contribution in [0.2, 0.25) is 0 Å². The van der Waals surface area contributed by atoms with Crippen molar-refractivity contribution in [3.8, 4) is 0 Å². The van der Waals surface area contributed by atoms with E-state index in [9.17, 15) is 9.59 Å². The van der Waals surface area contributed by atoms with Gasteiger partial charge in [-0.2, -0.15) is 0 Å². The zero-order valence-electron chi connectivity index (χ0n) is 14.6. The number of carbonyl (C=O) groups is 2. The first-order valence-corrected chi connectivity index (χ1v) is 7.76. The van der Waals surface area contributed by atoms with E-state index in [1.54, 1.807) is 36.2 Å². The fourth-order valence-corrected chi connectivity index (χ4v) is 2.26. The predicted molar refractivity (Wildman–Crippen MR) is 92.6 cm³/mol. The van der Waals surface area contributed by atoms with Crippen LogP contribution in [-0.4, -0.2) is 43.6 Å². The molecular weight excluding hydrogens is 294 g/mol. The Kier molecular flexibility index (Phi) is 7.54. The smallest absolute Gasteiger partial charge is 0.321 e. The molecule has 0 unspecified atom stereocenters. The van der Waals surface area contributed by atoms with Gasteiger partial charge >= 0.3 is 6.03 Å². The lowest BCUT2D eigenvalue weighted by atomic mass is 10.0. The molecule has 1 aromatic carbocycles. The summed E-state index contributed by atoms with van der Waals surface area (Å²) >= 11 is 0. The van der Waals surface area contributed by atoms with Gasteiger partial charge in [0.1, 0.15) is 6.61 Å². The quantitative estimate of drug-likeness (QED) is 0.810. The van der Waals surface area contributed by atoms with E-state index < -0.39 is 0 Å². The van der Waals surface area contributed by atoms with Crippen molar-refractivity contribution in [2.45, 2.75) is 33.2 Å². The topological polar surface area (TPSA) is 70.7 Å².